The van der Waals surface area contributed by atoms with E-state index in [1.165, 1.54) is 5.56 Å². The topological polar surface area (TPSA) is 73.6 Å². The molecule has 0 saturated heterocycles. The minimum Gasteiger partial charge on any atom is -0.497 e. The average Bonchev–Trinajstić information content (AvgIpc) is 3.16. The molecule has 0 spiro atoms. The lowest BCUT2D eigenvalue weighted by atomic mass is 10.1. The van der Waals surface area contributed by atoms with E-state index in [1.807, 2.05) is 31.2 Å². The first-order valence-corrected chi connectivity index (χ1v) is 8.62. The number of nitrogens with one attached hydrogen (secondary N) is 1. The molecule has 0 aliphatic rings. The van der Waals surface area contributed by atoms with Crippen molar-refractivity contribution in [2.24, 2.45) is 0 Å². The van der Waals surface area contributed by atoms with Gasteiger partial charge < -0.3 is 19.2 Å². The molecule has 1 aromatic heterocycles. The Bertz CT molecular complexity index is 916. The molecule has 6 nitrogen and oxygen atoms in total. The van der Waals surface area contributed by atoms with Crippen molar-refractivity contribution in [3.63, 3.8) is 0 Å². The van der Waals surface area contributed by atoms with Crippen LogP contribution in [0.25, 0.3) is 11.3 Å². The summed E-state index contributed by atoms with van der Waals surface area (Å²) in [5, 5.41) is 2.84. The molecule has 3 rings (SSSR count). The van der Waals surface area contributed by atoms with Crippen molar-refractivity contribution in [1.82, 2.24) is 4.98 Å². The number of hydrogen-bond acceptors (Lipinski definition) is 5. The molecule has 0 fully saturated rings. The van der Waals surface area contributed by atoms with Crippen LogP contribution in [0.4, 0.5) is 5.69 Å². The third-order valence-electron chi connectivity index (χ3n) is 4.14. The fourth-order valence-electron chi connectivity index (χ4n) is 2.61. The van der Waals surface area contributed by atoms with Gasteiger partial charge in [-0.15, -0.1) is 0 Å². The van der Waals surface area contributed by atoms with Crippen molar-refractivity contribution in [3.8, 4) is 22.8 Å². The molecule has 0 saturated carbocycles. The van der Waals surface area contributed by atoms with Crippen LogP contribution in [-0.4, -0.2) is 25.1 Å². The van der Waals surface area contributed by atoms with Gasteiger partial charge in [0.25, 0.3) is 0 Å². The third-order valence-corrected chi connectivity index (χ3v) is 4.14. The predicted molar refractivity (Wildman–Crippen MR) is 103 cm³/mol. The van der Waals surface area contributed by atoms with Crippen molar-refractivity contribution in [2.45, 2.75) is 19.8 Å². The first kappa shape index (κ1) is 18.5. The summed E-state index contributed by atoms with van der Waals surface area (Å²) in [5.74, 6) is 2.28. The van der Waals surface area contributed by atoms with Gasteiger partial charge >= 0.3 is 0 Å². The summed E-state index contributed by atoms with van der Waals surface area (Å²) in [7, 11) is 3.12. The molecule has 0 unspecified atom stereocenters. The molecule has 27 heavy (non-hydrogen) atoms. The van der Waals surface area contributed by atoms with Crippen LogP contribution in [0.5, 0.6) is 11.5 Å². The molecule has 6 heteroatoms. The standard InChI is InChI=1S/C21H22N2O4/c1-14-4-6-15(7-5-14)19-13-22-21(27-19)11-10-20(24)23-17-9-8-16(25-2)12-18(17)26-3/h4-9,12-13H,10-11H2,1-3H3,(H,23,24). The Labute approximate surface area is 158 Å². The summed E-state index contributed by atoms with van der Waals surface area (Å²) in [6.07, 6.45) is 2.35. The lowest BCUT2D eigenvalue weighted by molar-refractivity contribution is -0.116. The van der Waals surface area contributed by atoms with Gasteiger partial charge in [0.05, 0.1) is 26.1 Å². The molecule has 0 radical (unpaired) electrons. The van der Waals surface area contributed by atoms with Gasteiger partial charge in [0.15, 0.2) is 11.7 Å². The van der Waals surface area contributed by atoms with Gasteiger partial charge in [-0.25, -0.2) is 4.98 Å². The number of benzene rings is 2. The second-order valence-corrected chi connectivity index (χ2v) is 6.10. The maximum Gasteiger partial charge on any atom is 0.224 e. The van der Waals surface area contributed by atoms with Gasteiger partial charge in [0.1, 0.15) is 11.5 Å². The zero-order valence-electron chi connectivity index (χ0n) is 15.6. The predicted octanol–water partition coefficient (Wildman–Crippen LogP) is 4.24. The van der Waals surface area contributed by atoms with Crippen molar-refractivity contribution < 1.29 is 18.7 Å². The Morgan fingerprint density at radius 2 is 1.89 bits per heavy atom. The molecular weight excluding hydrogens is 344 g/mol. The summed E-state index contributed by atoms with van der Waals surface area (Å²) in [4.78, 5) is 16.5. The maximum absolute atomic E-state index is 12.3. The zero-order chi connectivity index (χ0) is 19.2. The quantitative estimate of drug-likeness (QED) is 0.677. The number of nitrogens with zero attached hydrogens (tertiary/aromatic N) is 1. The highest BCUT2D eigenvalue weighted by molar-refractivity contribution is 5.92. The zero-order valence-corrected chi connectivity index (χ0v) is 15.6. The molecule has 0 bridgehead atoms. The lowest BCUT2D eigenvalue weighted by Crippen LogP contribution is -2.13. The van der Waals surface area contributed by atoms with E-state index < -0.39 is 0 Å². The van der Waals surface area contributed by atoms with Gasteiger partial charge in [0, 0.05) is 24.5 Å². The van der Waals surface area contributed by atoms with E-state index in [0.717, 1.165) is 5.56 Å². The van der Waals surface area contributed by atoms with E-state index in [1.54, 1.807) is 38.6 Å². The summed E-state index contributed by atoms with van der Waals surface area (Å²) in [5.41, 5.74) is 2.74. The highest BCUT2D eigenvalue weighted by Crippen LogP contribution is 2.29. The number of carbonyl (C=O) groups excluding carboxylic acids is 1. The Morgan fingerprint density at radius 3 is 2.59 bits per heavy atom. The fraction of sp³-hybridized carbons (Fsp3) is 0.238. The highest BCUT2D eigenvalue weighted by atomic mass is 16.5. The minimum absolute atomic E-state index is 0.145. The Kier molecular flexibility index (Phi) is 5.76. The number of methoxy groups -OCH3 is 2. The molecule has 2 aromatic carbocycles. The second kappa shape index (κ2) is 8.40. The van der Waals surface area contributed by atoms with Gasteiger partial charge in [-0.3, -0.25) is 4.79 Å². The van der Waals surface area contributed by atoms with Crippen LogP contribution in [-0.2, 0) is 11.2 Å². The molecule has 140 valence electrons. The summed E-state index contributed by atoms with van der Waals surface area (Å²) in [6, 6.07) is 13.2. The number of aryl methyl sites for hydroxylation is 2. The van der Waals surface area contributed by atoms with Crippen LogP contribution >= 0.6 is 0 Å². The lowest BCUT2D eigenvalue weighted by Gasteiger charge is -2.11. The number of rotatable bonds is 7. The molecule has 3 aromatic rings. The number of aromatic nitrogens is 1. The van der Waals surface area contributed by atoms with Crippen LogP contribution in [0.15, 0.2) is 53.1 Å². The Morgan fingerprint density at radius 1 is 1.11 bits per heavy atom. The molecule has 0 aliphatic heterocycles. The van der Waals surface area contributed by atoms with E-state index in [9.17, 15) is 4.79 Å². The molecule has 1 N–H and O–H groups in total. The second-order valence-electron chi connectivity index (χ2n) is 6.10. The average molecular weight is 366 g/mol. The van der Waals surface area contributed by atoms with Gasteiger partial charge in [-0.1, -0.05) is 29.8 Å². The summed E-state index contributed by atoms with van der Waals surface area (Å²) >= 11 is 0. The monoisotopic (exact) mass is 366 g/mol. The van der Waals surface area contributed by atoms with Crippen molar-refractivity contribution in [1.29, 1.82) is 0 Å². The van der Waals surface area contributed by atoms with Crippen molar-refractivity contribution in [3.05, 3.63) is 60.1 Å². The van der Waals surface area contributed by atoms with Gasteiger partial charge in [0.2, 0.25) is 5.91 Å². The smallest absolute Gasteiger partial charge is 0.224 e. The van der Waals surface area contributed by atoms with E-state index in [4.69, 9.17) is 13.9 Å². The fourth-order valence-corrected chi connectivity index (χ4v) is 2.61. The van der Waals surface area contributed by atoms with Crippen LogP contribution in [0.1, 0.15) is 17.9 Å². The number of amides is 1. The number of oxazole rings is 1. The molecular formula is C21H22N2O4. The first-order chi connectivity index (χ1) is 13.1. The first-order valence-electron chi connectivity index (χ1n) is 8.62. The van der Waals surface area contributed by atoms with Gasteiger partial charge in [-0.05, 0) is 19.1 Å². The van der Waals surface area contributed by atoms with Gasteiger partial charge in [-0.2, -0.15) is 0 Å². The highest BCUT2D eigenvalue weighted by Gasteiger charge is 2.12. The van der Waals surface area contributed by atoms with E-state index >= 15 is 0 Å². The number of ether oxygens (including phenoxy) is 2. The van der Waals surface area contributed by atoms with Crippen LogP contribution < -0.4 is 14.8 Å². The van der Waals surface area contributed by atoms with Crippen LogP contribution in [0.2, 0.25) is 0 Å². The van der Waals surface area contributed by atoms with Crippen LogP contribution in [0, 0.1) is 6.92 Å². The third kappa shape index (κ3) is 4.67. The Balaban J connectivity index is 1.59. The number of carbonyl (C=O) groups is 1. The Hall–Kier alpha value is -3.28. The molecule has 0 aliphatic carbocycles. The van der Waals surface area contributed by atoms with E-state index in [2.05, 4.69) is 10.3 Å². The summed E-state index contributed by atoms with van der Waals surface area (Å²) < 4.78 is 16.2. The van der Waals surface area contributed by atoms with Crippen molar-refractivity contribution >= 4 is 11.6 Å². The SMILES string of the molecule is COc1ccc(NC(=O)CCc2ncc(-c3ccc(C)cc3)o2)c(OC)c1. The van der Waals surface area contributed by atoms with Crippen LogP contribution in [0.3, 0.4) is 0 Å². The summed E-state index contributed by atoms with van der Waals surface area (Å²) in [6.45, 7) is 2.03. The molecule has 1 heterocycles. The molecule has 0 atom stereocenters. The van der Waals surface area contributed by atoms with Crippen molar-refractivity contribution in [2.75, 3.05) is 19.5 Å². The largest absolute Gasteiger partial charge is 0.497 e. The van der Waals surface area contributed by atoms with E-state index in [-0.39, 0.29) is 12.3 Å². The molecule has 1 amide bonds. The number of anilines is 1. The minimum atomic E-state index is -0.145. The van der Waals surface area contributed by atoms with E-state index in [0.29, 0.717) is 35.3 Å². The maximum atomic E-state index is 12.3. The number of hydrogen-bond donors (Lipinski definition) is 1. The normalized spacial score (nSPS) is 10.5.